The molecule has 0 aliphatic rings. The lowest BCUT2D eigenvalue weighted by Crippen LogP contribution is -2.22. The third-order valence-corrected chi connectivity index (χ3v) is 2.71. The van der Waals surface area contributed by atoms with Crippen molar-refractivity contribution in [2.45, 2.75) is 11.8 Å². The predicted octanol–water partition coefficient (Wildman–Crippen LogP) is -0.00390. The third kappa shape index (κ3) is 2.74. The van der Waals surface area contributed by atoms with Crippen LogP contribution in [0.5, 0.6) is 0 Å². The highest BCUT2D eigenvalue weighted by molar-refractivity contribution is 7.90. The summed E-state index contributed by atoms with van der Waals surface area (Å²) in [5.74, 6) is -0.327. The van der Waals surface area contributed by atoms with Crippen LogP contribution in [0, 0.1) is 0 Å². The van der Waals surface area contributed by atoms with E-state index in [1.807, 2.05) is 0 Å². The lowest BCUT2D eigenvalue weighted by Gasteiger charge is -1.98. The zero-order valence-electron chi connectivity index (χ0n) is 9.28. The van der Waals surface area contributed by atoms with Crippen molar-refractivity contribution in [1.29, 1.82) is 0 Å². The van der Waals surface area contributed by atoms with Crippen molar-refractivity contribution < 1.29 is 22.0 Å². The lowest BCUT2D eigenvalue weighted by atomic mass is 10.4. The second kappa shape index (κ2) is 4.61. The van der Waals surface area contributed by atoms with Crippen LogP contribution in [0.15, 0.2) is 32.5 Å². The van der Waals surface area contributed by atoms with Crippen LogP contribution >= 0.6 is 0 Å². The molecule has 0 radical (unpaired) electrons. The molecule has 0 saturated heterocycles. The number of hydrogen-bond acceptors (Lipinski definition) is 7. The van der Waals surface area contributed by atoms with Gasteiger partial charge in [0.25, 0.3) is 5.91 Å². The standard InChI is InChI=1S/C9H9N3O5S/c1-18(14,15)9-12-11-7(17-9)5-10-8(13)6-3-2-4-16-6/h2-4H,5H2,1H3,(H,10,13). The second-order valence-corrected chi connectivity index (χ2v) is 5.29. The van der Waals surface area contributed by atoms with Gasteiger partial charge in [-0.25, -0.2) is 8.42 Å². The van der Waals surface area contributed by atoms with Gasteiger partial charge in [0, 0.05) is 6.26 Å². The quantitative estimate of drug-likeness (QED) is 0.831. The van der Waals surface area contributed by atoms with Gasteiger partial charge in [-0.1, -0.05) is 5.10 Å². The first kappa shape index (κ1) is 12.3. The maximum absolute atomic E-state index is 11.5. The van der Waals surface area contributed by atoms with Gasteiger partial charge in [-0.2, -0.15) is 0 Å². The van der Waals surface area contributed by atoms with Gasteiger partial charge >= 0.3 is 5.22 Å². The smallest absolute Gasteiger partial charge is 0.335 e. The van der Waals surface area contributed by atoms with Crippen LogP contribution in [0.25, 0.3) is 0 Å². The Morgan fingerprint density at radius 1 is 1.44 bits per heavy atom. The van der Waals surface area contributed by atoms with Crippen LogP contribution < -0.4 is 5.32 Å². The second-order valence-electron chi connectivity index (χ2n) is 3.39. The van der Waals surface area contributed by atoms with Crippen LogP contribution in [0.2, 0.25) is 0 Å². The first-order valence-corrected chi connectivity index (χ1v) is 6.70. The number of amides is 1. The molecule has 0 aliphatic heterocycles. The van der Waals surface area contributed by atoms with E-state index in [1.54, 1.807) is 6.07 Å². The minimum atomic E-state index is -3.54. The van der Waals surface area contributed by atoms with E-state index < -0.39 is 21.0 Å². The molecule has 0 aliphatic carbocycles. The van der Waals surface area contributed by atoms with Crippen molar-refractivity contribution in [3.63, 3.8) is 0 Å². The number of rotatable bonds is 4. The third-order valence-electron chi connectivity index (χ3n) is 1.91. The fraction of sp³-hybridized carbons (Fsp3) is 0.222. The predicted molar refractivity (Wildman–Crippen MR) is 57.3 cm³/mol. The maximum atomic E-state index is 11.5. The molecule has 2 rings (SSSR count). The molecule has 0 atom stereocenters. The highest BCUT2D eigenvalue weighted by atomic mass is 32.2. The van der Waals surface area contributed by atoms with Crippen molar-refractivity contribution in [1.82, 2.24) is 15.5 Å². The van der Waals surface area contributed by atoms with Crippen LogP contribution in [-0.2, 0) is 16.4 Å². The highest BCUT2D eigenvalue weighted by Gasteiger charge is 2.17. The summed E-state index contributed by atoms with van der Waals surface area (Å²) in [6.45, 7) is -0.0813. The number of carbonyl (C=O) groups is 1. The Morgan fingerprint density at radius 3 is 2.78 bits per heavy atom. The molecule has 9 heteroatoms. The van der Waals surface area contributed by atoms with Gasteiger partial charge in [0.15, 0.2) is 5.76 Å². The van der Waals surface area contributed by atoms with E-state index in [1.165, 1.54) is 12.3 Å². The van der Waals surface area contributed by atoms with Gasteiger partial charge in [-0.3, -0.25) is 4.79 Å². The van der Waals surface area contributed by atoms with Crippen molar-refractivity contribution in [3.8, 4) is 0 Å². The molecule has 0 unspecified atom stereocenters. The summed E-state index contributed by atoms with van der Waals surface area (Å²) >= 11 is 0. The molecule has 0 aromatic carbocycles. The molecule has 0 fully saturated rings. The average molecular weight is 271 g/mol. The van der Waals surface area contributed by atoms with E-state index in [0.29, 0.717) is 0 Å². The van der Waals surface area contributed by atoms with Crippen LogP contribution in [0.3, 0.4) is 0 Å². The average Bonchev–Trinajstić information content (AvgIpc) is 2.96. The number of furan rings is 1. The highest BCUT2D eigenvalue weighted by Crippen LogP contribution is 2.06. The molecule has 0 spiro atoms. The molecular formula is C9H9N3O5S. The molecular weight excluding hydrogens is 262 g/mol. The van der Waals surface area contributed by atoms with E-state index in [-0.39, 0.29) is 18.2 Å². The minimum absolute atomic E-state index is 0.00432. The first-order valence-electron chi connectivity index (χ1n) is 4.81. The number of carbonyl (C=O) groups excluding carboxylic acids is 1. The lowest BCUT2D eigenvalue weighted by molar-refractivity contribution is 0.0919. The summed E-state index contributed by atoms with van der Waals surface area (Å²) in [7, 11) is -3.54. The number of sulfone groups is 1. The Hall–Kier alpha value is -2.16. The Balaban J connectivity index is 1.99. The summed E-state index contributed by atoms with van der Waals surface area (Å²) in [5, 5.41) is 8.80. The van der Waals surface area contributed by atoms with E-state index in [0.717, 1.165) is 6.26 Å². The van der Waals surface area contributed by atoms with Crippen molar-refractivity contribution in [2.75, 3.05) is 6.26 Å². The summed E-state index contributed by atoms with van der Waals surface area (Å²) in [4.78, 5) is 11.5. The fourth-order valence-electron chi connectivity index (χ4n) is 1.11. The summed E-state index contributed by atoms with van der Waals surface area (Å²) in [6.07, 6.45) is 2.31. The molecule has 18 heavy (non-hydrogen) atoms. The molecule has 1 N–H and O–H groups in total. The molecule has 0 saturated carbocycles. The Kier molecular flexibility index (Phi) is 3.15. The monoisotopic (exact) mass is 271 g/mol. The molecule has 2 aromatic rings. The van der Waals surface area contributed by atoms with E-state index in [9.17, 15) is 13.2 Å². The zero-order chi connectivity index (χ0) is 13.2. The van der Waals surface area contributed by atoms with Crippen LogP contribution in [0.4, 0.5) is 0 Å². The van der Waals surface area contributed by atoms with E-state index >= 15 is 0 Å². The van der Waals surface area contributed by atoms with Gasteiger partial charge in [-0.15, -0.1) is 5.10 Å². The Labute approximate surface area is 102 Å². The topological polar surface area (TPSA) is 115 Å². The normalized spacial score (nSPS) is 11.4. The molecule has 2 heterocycles. The zero-order valence-corrected chi connectivity index (χ0v) is 10.1. The molecule has 2 aromatic heterocycles. The summed E-state index contributed by atoms with van der Waals surface area (Å²) in [5.41, 5.74) is 0. The summed E-state index contributed by atoms with van der Waals surface area (Å²) in [6, 6.07) is 3.06. The molecule has 1 amide bonds. The minimum Gasteiger partial charge on any atom is -0.459 e. The Morgan fingerprint density at radius 2 is 2.22 bits per heavy atom. The van der Waals surface area contributed by atoms with Crippen molar-refractivity contribution in [3.05, 3.63) is 30.0 Å². The maximum Gasteiger partial charge on any atom is 0.335 e. The van der Waals surface area contributed by atoms with Gasteiger partial charge in [0.2, 0.25) is 15.7 Å². The largest absolute Gasteiger partial charge is 0.459 e. The van der Waals surface area contributed by atoms with Crippen LogP contribution in [-0.4, -0.2) is 30.8 Å². The fourth-order valence-corrected chi connectivity index (χ4v) is 1.55. The summed E-state index contributed by atoms with van der Waals surface area (Å²) < 4.78 is 31.9. The van der Waals surface area contributed by atoms with Crippen LogP contribution in [0.1, 0.15) is 16.4 Å². The molecule has 8 nitrogen and oxygen atoms in total. The van der Waals surface area contributed by atoms with E-state index in [4.69, 9.17) is 8.83 Å². The van der Waals surface area contributed by atoms with Gasteiger partial charge in [0.05, 0.1) is 12.8 Å². The van der Waals surface area contributed by atoms with E-state index in [2.05, 4.69) is 15.5 Å². The number of nitrogens with one attached hydrogen (secondary N) is 1. The van der Waals surface area contributed by atoms with Crippen molar-refractivity contribution in [2.24, 2.45) is 0 Å². The number of hydrogen-bond donors (Lipinski definition) is 1. The van der Waals surface area contributed by atoms with Crippen molar-refractivity contribution >= 4 is 15.7 Å². The van der Waals surface area contributed by atoms with Gasteiger partial charge < -0.3 is 14.2 Å². The number of aromatic nitrogens is 2. The first-order chi connectivity index (χ1) is 8.47. The number of nitrogens with zero attached hydrogens (tertiary/aromatic N) is 2. The SMILES string of the molecule is CS(=O)(=O)c1nnc(CNC(=O)c2ccco2)o1. The molecule has 96 valence electrons. The van der Waals surface area contributed by atoms with Gasteiger partial charge in [-0.05, 0) is 12.1 Å². The molecule has 0 bridgehead atoms. The van der Waals surface area contributed by atoms with Gasteiger partial charge in [0.1, 0.15) is 0 Å². The Bertz CT molecular complexity index is 644.